The zero-order valence-electron chi connectivity index (χ0n) is 10.8. The monoisotopic (exact) mass is 267 g/mol. The van der Waals surface area contributed by atoms with Crippen molar-refractivity contribution in [3.8, 4) is 0 Å². The predicted molar refractivity (Wildman–Crippen MR) is 71.7 cm³/mol. The van der Waals surface area contributed by atoms with Gasteiger partial charge in [0, 0.05) is 12.0 Å². The van der Waals surface area contributed by atoms with Gasteiger partial charge in [-0.3, -0.25) is 4.79 Å². The summed E-state index contributed by atoms with van der Waals surface area (Å²) in [5.41, 5.74) is 5.93. The summed E-state index contributed by atoms with van der Waals surface area (Å²) in [5.74, 6) is -0.944. The predicted octanol–water partition coefficient (Wildman–Crippen LogP) is 2.44. The summed E-state index contributed by atoms with van der Waals surface area (Å²) < 4.78 is 13.1. The van der Waals surface area contributed by atoms with Crippen molar-refractivity contribution in [2.24, 2.45) is 10.9 Å². The molecule has 1 amide bonds. The minimum Gasteiger partial charge on any atom is -0.409 e. The number of carbonyl (C=O) groups excluding carboxylic acids is 1. The number of rotatable bonds is 6. The molecule has 0 saturated carbocycles. The van der Waals surface area contributed by atoms with Gasteiger partial charge < -0.3 is 16.3 Å². The standard InChI is InChI=1S/C13H18FN3O2/c1-2-3-4-5-12(18)16-11-7-6-9(14)8-10(11)13(15)17-19/h6-8,19H,2-5H2,1H3,(H2,15,17)(H,16,18). The quantitative estimate of drug-likeness (QED) is 0.243. The Kier molecular flexibility index (Phi) is 5.78. The highest BCUT2D eigenvalue weighted by molar-refractivity contribution is 6.05. The van der Waals surface area contributed by atoms with E-state index in [1.807, 2.05) is 6.92 Å². The van der Waals surface area contributed by atoms with Crippen molar-refractivity contribution in [3.05, 3.63) is 29.6 Å². The van der Waals surface area contributed by atoms with Gasteiger partial charge in [-0.2, -0.15) is 0 Å². The van der Waals surface area contributed by atoms with Crippen molar-refractivity contribution in [2.45, 2.75) is 32.6 Å². The van der Waals surface area contributed by atoms with Crippen LogP contribution in [0.4, 0.5) is 10.1 Å². The second-order valence-corrected chi connectivity index (χ2v) is 4.18. The molecular formula is C13H18FN3O2. The Balaban J connectivity index is 2.80. The number of amides is 1. The van der Waals surface area contributed by atoms with Gasteiger partial charge in [0.15, 0.2) is 5.84 Å². The fraction of sp³-hybridized carbons (Fsp3) is 0.385. The lowest BCUT2D eigenvalue weighted by Crippen LogP contribution is -2.19. The van der Waals surface area contributed by atoms with E-state index in [0.717, 1.165) is 25.3 Å². The first-order valence-electron chi connectivity index (χ1n) is 6.15. The van der Waals surface area contributed by atoms with Crippen LogP contribution in [0, 0.1) is 5.82 Å². The molecule has 19 heavy (non-hydrogen) atoms. The van der Waals surface area contributed by atoms with Gasteiger partial charge in [-0.05, 0) is 24.6 Å². The van der Waals surface area contributed by atoms with Crippen LogP contribution in [0.25, 0.3) is 0 Å². The fourth-order valence-electron chi connectivity index (χ4n) is 1.64. The molecular weight excluding hydrogens is 249 g/mol. The van der Waals surface area contributed by atoms with Crippen molar-refractivity contribution < 1.29 is 14.4 Å². The summed E-state index contributed by atoms with van der Waals surface area (Å²) in [6.07, 6.45) is 3.19. The van der Waals surface area contributed by atoms with Crippen LogP contribution in [0.3, 0.4) is 0 Å². The zero-order chi connectivity index (χ0) is 14.3. The highest BCUT2D eigenvalue weighted by atomic mass is 19.1. The molecule has 0 atom stereocenters. The molecule has 0 saturated heterocycles. The Morgan fingerprint density at radius 3 is 2.84 bits per heavy atom. The summed E-state index contributed by atoms with van der Waals surface area (Å²) in [6.45, 7) is 2.05. The van der Waals surface area contributed by atoms with Crippen molar-refractivity contribution >= 4 is 17.4 Å². The van der Waals surface area contributed by atoms with Gasteiger partial charge >= 0.3 is 0 Å². The van der Waals surface area contributed by atoms with Gasteiger partial charge in [0.05, 0.1) is 5.69 Å². The molecule has 0 aliphatic heterocycles. The summed E-state index contributed by atoms with van der Waals surface area (Å²) in [4.78, 5) is 11.7. The number of unbranched alkanes of at least 4 members (excludes halogenated alkanes) is 2. The average Bonchev–Trinajstić information content (AvgIpc) is 2.40. The Hall–Kier alpha value is -2.11. The van der Waals surface area contributed by atoms with Crippen LogP contribution in [0.2, 0.25) is 0 Å². The molecule has 0 radical (unpaired) electrons. The lowest BCUT2D eigenvalue weighted by Gasteiger charge is -2.10. The molecule has 0 heterocycles. The number of benzene rings is 1. The SMILES string of the molecule is CCCCCC(=O)Nc1ccc(F)cc1/C(N)=N/O. The number of nitrogens with zero attached hydrogens (tertiary/aromatic N) is 1. The number of nitrogens with one attached hydrogen (secondary N) is 1. The van der Waals surface area contributed by atoms with Crippen LogP contribution in [0.5, 0.6) is 0 Å². The molecule has 6 heteroatoms. The van der Waals surface area contributed by atoms with Gasteiger partial charge in [0.1, 0.15) is 5.82 Å². The van der Waals surface area contributed by atoms with Gasteiger partial charge in [-0.25, -0.2) is 4.39 Å². The molecule has 0 aliphatic carbocycles. The molecule has 5 nitrogen and oxygen atoms in total. The molecule has 1 rings (SSSR count). The lowest BCUT2D eigenvalue weighted by atomic mass is 10.1. The molecule has 0 bridgehead atoms. The molecule has 0 unspecified atom stereocenters. The first kappa shape index (κ1) is 14.9. The number of halogens is 1. The van der Waals surface area contributed by atoms with E-state index in [1.165, 1.54) is 12.1 Å². The van der Waals surface area contributed by atoms with Gasteiger partial charge in [0.2, 0.25) is 5.91 Å². The van der Waals surface area contributed by atoms with E-state index in [0.29, 0.717) is 12.1 Å². The van der Waals surface area contributed by atoms with Gasteiger partial charge in [-0.1, -0.05) is 24.9 Å². The maximum Gasteiger partial charge on any atom is 0.224 e. The van der Waals surface area contributed by atoms with Crippen molar-refractivity contribution in [1.82, 2.24) is 0 Å². The van der Waals surface area contributed by atoms with E-state index in [-0.39, 0.29) is 17.3 Å². The smallest absolute Gasteiger partial charge is 0.224 e. The van der Waals surface area contributed by atoms with Crippen molar-refractivity contribution in [2.75, 3.05) is 5.32 Å². The van der Waals surface area contributed by atoms with Crippen LogP contribution < -0.4 is 11.1 Å². The topological polar surface area (TPSA) is 87.7 Å². The second-order valence-electron chi connectivity index (χ2n) is 4.18. The summed E-state index contributed by atoms with van der Waals surface area (Å²) >= 11 is 0. The van der Waals surface area contributed by atoms with Crippen molar-refractivity contribution in [1.29, 1.82) is 0 Å². The number of hydrogen-bond donors (Lipinski definition) is 3. The Morgan fingerprint density at radius 2 is 2.21 bits per heavy atom. The maximum atomic E-state index is 13.1. The van der Waals surface area contributed by atoms with Crippen molar-refractivity contribution in [3.63, 3.8) is 0 Å². The largest absolute Gasteiger partial charge is 0.409 e. The van der Waals surface area contributed by atoms with E-state index >= 15 is 0 Å². The number of nitrogens with two attached hydrogens (primary N) is 1. The fourth-order valence-corrected chi connectivity index (χ4v) is 1.64. The molecule has 0 aromatic heterocycles. The average molecular weight is 267 g/mol. The van der Waals surface area contributed by atoms with E-state index in [9.17, 15) is 9.18 Å². The van der Waals surface area contributed by atoms with Crippen LogP contribution in [-0.2, 0) is 4.79 Å². The van der Waals surface area contributed by atoms with E-state index in [2.05, 4.69) is 10.5 Å². The number of anilines is 1. The summed E-state index contributed by atoms with van der Waals surface area (Å²) in [6, 6.07) is 3.70. The Labute approximate surface area is 111 Å². The van der Waals surface area contributed by atoms with Gasteiger partial charge in [-0.15, -0.1) is 0 Å². The minimum absolute atomic E-state index is 0.159. The second kappa shape index (κ2) is 7.35. The van der Waals surface area contributed by atoms with Gasteiger partial charge in [0.25, 0.3) is 0 Å². The Bertz CT molecular complexity index is 475. The number of carbonyl (C=O) groups is 1. The molecule has 4 N–H and O–H groups in total. The van der Waals surface area contributed by atoms with E-state index < -0.39 is 5.82 Å². The molecule has 0 spiro atoms. The first-order chi connectivity index (χ1) is 9.08. The third kappa shape index (κ3) is 4.57. The van der Waals surface area contributed by atoms with Crippen LogP contribution in [0.15, 0.2) is 23.4 Å². The molecule has 0 fully saturated rings. The molecule has 104 valence electrons. The number of oxime groups is 1. The third-order valence-electron chi connectivity index (χ3n) is 2.65. The maximum absolute atomic E-state index is 13.1. The van der Waals surface area contributed by atoms with E-state index in [1.54, 1.807) is 0 Å². The summed E-state index contributed by atoms with van der Waals surface area (Å²) in [7, 11) is 0. The highest BCUT2D eigenvalue weighted by Gasteiger charge is 2.11. The minimum atomic E-state index is -0.523. The van der Waals surface area contributed by atoms with Crippen LogP contribution in [0.1, 0.15) is 38.2 Å². The molecule has 1 aromatic carbocycles. The lowest BCUT2D eigenvalue weighted by molar-refractivity contribution is -0.116. The van der Waals surface area contributed by atoms with E-state index in [4.69, 9.17) is 10.9 Å². The number of amidine groups is 1. The highest BCUT2D eigenvalue weighted by Crippen LogP contribution is 2.17. The molecule has 0 aliphatic rings. The Morgan fingerprint density at radius 1 is 1.47 bits per heavy atom. The summed E-state index contributed by atoms with van der Waals surface area (Å²) in [5, 5.41) is 14.1. The van der Waals surface area contributed by atoms with Crippen LogP contribution >= 0.6 is 0 Å². The normalized spacial score (nSPS) is 11.4. The third-order valence-corrected chi connectivity index (χ3v) is 2.65. The zero-order valence-corrected chi connectivity index (χ0v) is 10.8. The number of hydrogen-bond acceptors (Lipinski definition) is 3. The molecule has 1 aromatic rings. The van der Waals surface area contributed by atoms with Crippen LogP contribution in [-0.4, -0.2) is 17.0 Å². The first-order valence-corrected chi connectivity index (χ1v) is 6.15.